The molecule has 1 aliphatic carbocycles. The van der Waals surface area contributed by atoms with Crippen LogP contribution in [0.3, 0.4) is 0 Å². The average Bonchev–Trinajstić information content (AvgIpc) is 2.83. The van der Waals surface area contributed by atoms with Crippen molar-refractivity contribution in [3.63, 3.8) is 0 Å². The van der Waals surface area contributed by atoms with Gasteiger partial charge in [-0.3, -0.25) is 0 Å². The zero-order valence-corrected chi connectivity index (χ0v) is 12.8. The number of hydrogen-bond donors (Lipinski definition) is 2. The van der Waals surface area contributed by atoms with Gasteiger partial charge in [0, 0.05) is 19.6 Å². The first-order valence-corrected chi connectivity index (χ1v) is 7.62. The molecule has 2 rings (SSSR count). The van der Waals surface area contributed by atoms with E-state index in [1.165, 1.54) is 19.3 Å². The summed E-state index contributed by atoms with van der Waals surface area (Å²) in [6, 6.07) is 0. The molecule has 0 aromatic carbocycles. The summed E-state index contributed by atoms with van der Waals surface area (Å²) in [4.78, 5) is 14.9. The van der Waals surface area contributed by atoms with Gasteiger partial charge in [0.25, 0.3) is 0 Å². The molecule has 6 nitrogen and oxygen atoms in total. The molecule has 1 fully saturated rings. The van der Waals surface area contributed by atoms with E-state index >= 15 is 0 Å². The molecule has 0 spiro atoms. The van der Waals surface area contributed by atoms with Gasteiger partial charge in [-0.1, -0.05) is 13.3 Å². The first-order valence-electron chi connectivity index (χ1n) is 7.62. The molecule has 1 aliphatic rings. The highest BCUT2D eigenvalue weighted by Gasteiger charge is 2.21. The first-order chi connectivity index (χ1) is 9.62. The van der Waals surface area contributed by atoms with Crippen molar-refractivity contribution in [3.05, 3.63) is 0 Å². The lowest BCUT2D eigenvalue weighted by Crippen LogP contribution is -2.25. The minimum atomic E-state index is 0.282. The molecule has 0 aliphatic heterocycles. The number of hydrogen-bond acceptors (Lipinski definition) is 6. The molecule has 112 valence electrons. The number of nitrogens with one attached hydrogen (secondary N) is 1. The normalized spacial score (nSPS) is 21.9. The second kappa shape index (κ2) is 6.72. The Balaban J connectivity index is 2.00. The third-order valence-electron chi connectivity index (χ3n) is 4.04. The summed E-state index contributed by atoms with van der Waals surface area (Å²) in [6.45, 7) is 9.12. The molecule has 1 saturated carbocycles. The van der Waals surface area contributed by atoms with Crippen LogP contribution in [-0.4, -0.2) is 34.6 Å². The molecule has 2 atom stereocenters. The van der Waals surface area contributed by atoms with Crippen molar-refractivity contribution in [3.8, 4) is 0 Å². The quantitative estimate of drug-likeness (QED) is 0.830. The third-order valence-corrected chi connectivity index (χ3v) is 4.04. The van der Waals surface area contributed by atoms with Gasteiger partial charge in [-0.15, -0.1) is 0 Å². The highest BCUT2D eigenvalue weighted by atomic mass is 15.3. The van der Waals surface area contributed by atoms with Crippen molar-refractivity contribution in [1.82, 2.24) is 15.0 Å². The van der Waals surface area contributed by atoms with Crippen LogP contribution < -0.4 is 16.0 Å². The molecule has 0 saturated heterocycles. The number of nitrogen functional groups attached to an aromatic ring is 1. The summed E-state index contributed by atoms with van der Waals surface area (Å²) >= 11 is 0. The van der Waals surface area contributed by atoms with Gasteiger partial charge in [-0.2, -0.15) is 15.0 Å². The summed E-state index contributed by atoms with van der Waals surface area (Å²) in [6.07, 6.45) is 3.91. The van der Waals surface area contributed by atoms with E-state index in [1.807, 2.05) is 0 Å². The lowest BCUT2D eigenvalue weighted by molar-refractivity contribution is 0.536. The van der Waals surface area contributed by atoms with Gasteiger partial charge in [0.05, 0.1) is 0 Å². The van der Waals surface area contributed by atoms with E-state index in [-0.39, 0.29) is 5.95 Å². The van der Waals surface area contributed by atoms with Crippen molar-refractivity contribution in [2.45, 2.75) is 40.0 Å². The summed E-state index contributed by atoms with van der Waals surface area (Å²) in [5, 5.41) is 3.32. The van der Waals surface area contributed by atoms with E-state index in [9.17, 15) is 0 Å². The smallest absolute Gasteiger partial charge is 0.231 e. The number of anilines is 3. The number of aromatic nitrogens is 3. The van der Waals surface area contributed by atoms with Crippen LogP contribution in [0, 0.1) is 11.8 Å². The van der Waals surface area contributed by atoms with Crippen LogP contribution in [0.4, 0.5) is 17.8 Å². The summed E-state index contributed by atoms with van der Waals surface area (Å²) in [5.74, 6) is 3.10. The minimum Gasteiger partial charge on any atom is -0.368 e. The van der Waals surface area contributed by atoms with Crippen LogP contribution in [0.5, 0.6) is 0 Å². The fourth-order valence-corrected chi connectivity index (χ4v) is 2.85. The summed E-state index contributed by atoms with van der Waals surface area (Å²) < 4.78 is 0. The Morgan fingerprint density at radius 2 is 1.95 bits per heavy atom. The predicted octanol–water partition coefficient (Wildman–Crippen LogP) is 2.15. The molecule has 0 amide bonds. The number of nitrogens with two attached hydrogens (primary N) is 1. The van der Waals surface area contributed by atoms with E-state index in [0.29, 0.717) is 11.9 Å². The first kappa shape index (κ1) is 14.8. The van der Waals surface area contributed by atoms with Crippen LogP contribution >= 0.6 is 0 Å². The van der Waals surface area contributed by atoms with E-state index in [2.05, 4.69) is 45.9 Å². The van der Waals surface area contributed by atoms with Crippen molar-refractivity contribution in [2.24, 2.45) is 11.8 Å². The largest absolute Gasteiger partial charge is 0.368 e. The van der Waals surface area contributed by atoms with Gasteiger partial charge in [0.15, 0.2) is 0 Å². The minimum absolute atomic E-state index is 0.282. The standard InChI is InChI=1S/C14H26N6/c1-4-20(5-2)14-18-12(15)17-13(19-14)16-9-11-7-6-10(3)8-11/h10-11H,4-9H2,1-3H3,(H3,15,16,17,18,19). The molecule has 1 aromatic rings. The maximum Gasteiger partial charge on any atom is 0.231 e. The number of nitrogens with zero attached hydrogens (tertiary/aromatic N) is 4. The van der Waals surface area contributed by atoms with Crippen LogP contribution in [0.2, 0.25) is 0 Å². The van der Waals surface area contributed by atoms with E-state index in [1.54, 1.807) is 0 Å². The van der Waals surface area contributed by atoms with E-state index in [4.69, 9.17) is 5.73 Å². The molecule has 3 N–H and O–H groups in total. The Morgan fingerprint density at radius 1 is 1.20 bits per heavy atom. The molecule has 1 heterocycles. The monoisotopic (exact) mass is 278 g/mol. The van der Waals surface area contributed by atoms with Crippen LogP contribution in [0.1, 0.15) is 40.0 Å². The molecular weight excluding hydrogens is 252 g/mol. The van der Waals surface area contributed by atoms with Gasteiger partial charge < -0.3 is 16.0 Å². The fraction of sp³-hybridized carbons (Fsp3) is 0.786. The van der Waals surface area contributed by atoms with Gasteiger partial charge in [-0.05, 0) is 38.5 Å². The SMILES string of the molecule is CCN(CC)c1nc(N)nc(NCC2CCC(C)C2)n1. The van der Waals surface area contributed by atoms with Gasteiger partial charge in [0.2, 0.25) is 17.8 Å². The molecule has 1 aromatic heterocycles. The zero-order valence-electron chi connectivity index (χ0n) is 12.8. The van der Waals surface area contributed by atoms with E-state index in [0.717, 1.165) is 31.5 Å². The second-order valence-electron chi connectivity index (χ2n) is 5.65. The molecule has 2 unspecified atom stereocenters. The Bertz CT molecular complexity index is 432. The van der Waals surface area contributed by atoms with E-state index < -0.39 is 0 Å². The molecule has 0 bridgehead atoms. The highest BCUT2D eigenvalue weighted by molar-refractivity contribution is 5.41. The number of rotatable bonds is 6. The van der Waals surface area contributed by atoms with Crippen molar-refractivity contribution >= 4 is 17.8 Å². The summed E-state index contributed by atoms with van der Waals surface area (Å²) in [5.41, 5.74) is 5.78. The van der Waals surface area contributed by atoms with Crippen molar-refractivity contribution in [1.29, 1.82) is 0 Å². The van der Waals surface area contributed by atoms with Crippen LogP contribution in [0.25, 0.3) is 0 Å². The lowest BCUT2D eigenvalue weighted by Gasteiger charge is -2.19. The molecule has 0 radical (unpaired) electrons. The van der Waals surface area contributed by atoms with Gasteiger partial charge in [-0.25, -0.2) is 0 Å². The Hall–Kier alpha value is -1.59. The van der Waals surface area contributed by atoms with Crippen molar-refractivity contribution < 1.29 is 0 Å². The third kappa shape index (κ3) is 3.71. The zero-order chi connectivity index (χ0) is 14.5. The predicted molar refractivity (Wildman–Crippen MR) is 82.8 cm³/mol. The molecule has 6 heteroatoms. The molecular formula is C14H26N6. The van der Waals surface area contributed by atoms with Gasteiger partial charge in [0.1, 0.15) is 0 Å². The Labute approximate surface area is 121 Å². The average molecular weight is 278 g/mol. The topological polar surface area (TPSA) is 80.0 Å². The second-order valence-corrected chi connectivity index (χ2v) is 5.65. The summed E-state index contributed by atoms with van der Waals surface area (Å²) in [7, 11) is 0. The Morgan fingerprint density at radius 3 is 2.55 bits per heavy atom. The fourth-order valence-electron chi connectivity index (χ4n) is 2.85. The lowest BCUT2D eigenvalue weighted by atomic mass is 10.1. The Kier molecular flexibility index (Phi) is 4.98. The van der Waals surface area contributed by atoms with Crippen LogP contribution in [0.15, 0.2) is 0 Å². The molecule has 20 heavy (non-hydrogen) atoms. The van der Waals surface area contributed by atoms with Gasteiger partial charge >= 0.3 is 0 Å². The van der Waals surface area contributed by atoms with Crippen molar-refractivity contribution in [2.75, 3.05) is 35.6 Å². The maximum atomic E-state index is 5.78. The highest BCUT2D eigenvalue weighted by Crippen LogP contribution is 2.30. The maximum absolute atomic E-state index is 5.78. The van der Waals surface area contributed by atoms with Crippen LogP contribution in [-0.2, 0) is 0 Å².